The third-order valence-corrected chi connectivity index (χ3v) is 3.65. The van der Waals surface area contributed by atoms with Gasteiger partial charge in [-0.2, -0.15) is 0 Å². The van der Waals surface area contributed by atoms with Crippen molar-refractivity contribution in [1.82, 2.24) is 0 Å². The van der Waals surface area contributed by atoms with E-state index in [-0.39, 0.29) is 27.8 Å². The highest BCUT2D eigenvalue weighted by atomic mass is 35.5. The molecule has 2 N–H and O–H groups in total. The molecule has 0 heterocycles. The highest BCUT2D eigenvalue weighted by Gasteiger charge is 2.27. The predicted octanol–water partition coefficient (Wildman–Crippen LogP) is 4.29. The van der Waals surface area contributed by atoms with E-state index >= 15 is 0 Å². The number of phenols is 1. The van der Waals surface area contributed by atoms with Gasteiger partial charge in [0.1, 0.15) is 11.6 Å². The third-order valence-electron chi connectivity index (χ3n) is 3.05. The second-order valence-corrected chi connectivity index (χ2v) is 5.68. The van der Waals surface area contributed by atoms with Crippen molar-refractivity contribution in [2.75, 3.05) is 0 Å². The van der Waals surface area contributed by atoms with Gasteiger partial charge in [0.25, 0.3) is 0 Å². The summed E-state index contributed by atoms with van der Waals surface area (Å²) in [5.41, 5.74) is -0.415. The lowest BCUT2D eigenvalue weighted by Crippen LogP contribution is -2.25. The van der Waals surface area contributed by atoms with Crippen molar-refractivity contribution in [3.05, 3.63) is 63.4 Å². The van der Waals surface area contributed by atoms with E-state index in [4.69, 9.17) is 23.2 Å². The molecule has 0 amide bonds. The van der Waals surface area contributed by atoms with Gasteiger partial charge in [0.05, 0.1) is 10.6 Å². The predicted molar refractivity (Wildman–Crippen MR) is 77.8 cm³/mol. The molecule has 1 atom stereocenters. The second kappa shape index (κ2) is 5.60. The maximum absolute atomic E-state index is 13.6. The van der Waals surface area contributed by atoms with Crippen molar-refractivity contribution in [2.24, 2.45) is 0 Å². The zero-order valence-corrected chi connectivity index (χ0v) is 12.2. The minimum absolute atomic E-state index is 0.0908. The lowest BCUT2D eigenvalue weighted by atomic mass is 9.89. The topological polar surface area (TPSA) is 40.5 Å². The molecule has 2 nitrogen and oxygen atoms in total. The fourth-order valence-corrected chi connectivity index (χ4v) is 2.68. The van der Waals surface area contributed by atoms with Gasteiger partial charge in [0.2, 0.25) is 0 Å². The molecule has 0 spiro atoms. The summed E-state index contributed by atoms with van der Waals surface area (Å²) in [6, 6.07) is 8.90. The molecule has 0 saturated heterocycles. The first-order chi connectivity index (χ1) is 9.29. The number of aromatic hydroxyl groups is 1. The molecule has 0 aliphatic carbocycles. The summed E-state index contributed by atoms with van der Waals surface area (Å²) in [5, 5.41) is 20.1. The first-order valence-corrected chi connectivity index (χ1v) is 6.70. The van der Waals surface area contributed by atoms with Crippen molar-refractivity contribution in [3.63, 3.8) is 0 Å². The number of aliphatic hydroxyl groups is 1. The third kappa shape index (κ3) is 3.23. The molecular formula is C15H13Cl2FO2. The van der Waals surface area contributed by atoms with Gasteiger partial charge < -0.3 is 10.2 Å². The van der Waals surface area contributed by atoms with Crippen molar-refractivity contribution in [3.8, 4) is 5.75 Å². The van der Waals surface area contributed by atoms with Gasteiger partial charge in [0, 0.05) is 17.0 Å². The summed E-state index contributed by atoms with van der Waals surface area (Å²) >= 11 is 11.7. The monoisotopic (exact) mass is 314 g/mol. The van der Waals surface area contributed by atoms with Gasteiger partial charge in [-0.05, 0) is 36.8 Å². The Bertz CT molecular complexity index is 642. The molecule has 0 saturated carbocycles. The van der Waals surface area contributed by atoms with E-state index in [1.54, 1.807) is 12.1 Å². The van der Waals surface area contributed by atoms with Crippen LogP contribution in [0.1, 0.15) is 18.1 Å². The van der Waals surface area contributed by atoms with Crippen LogP contribution in [0, 0.1) is 5.82 Å². The summed E-state index contributed by atoms with van der Waals surface area (Å²) < 4.78 is 13.6. The normalized spacial score (nSPS) is 14.1. The minimum Gasteiger partial charge on any atom is -0.508 e. The maximum atomic E-state index is 13.6. The molecule has 106 valence electrons. The molecule has 0 aromatic heterocycles. The van der Waals surface area contributed by atoms with Crippen molar-refractivity contribution < 1.29 is 14.6 Å². The van der Waals surface area contributed by atoms with Crippen LogP contribution in [0.4, 0.5) is 4.39 Å². The number of halogens is 3. The van der Waals surface area contributed by atoms with E-state index in [0.29, 0.717) is 5.56 Å². The van der Waals surface area contributed by atoms with Gasteiger partial charge in [-0.1, -0.05) is 35.3 Å². The molecule has 0 bridgehead atoms. The average molecular weight is 315 g/mol. The van der Waals surface area contributed by atoms with Gasteiger partial charge >= 0.3 is 0 Å². The SMILES string of the molecule is CC(O)(Cc1cccc(O)c1)c1cc(F)c(Cl)cc1Cl. The lowest BCUT2D eigenvalue weighted by Gasteiger charge is -2.25. The van der Waals surface area contributed by atoms with Crippen LogP contribution < -0.4 is 0 Å². The Morgan fingerprint density at radius 2 is 1.85 bits per heavy atom. The Morgan fingerprint density at radius 1 is 1.15 bits per heavy atom. The summed E-state index contributed by atoms with van der Waals surface area (Å²) in [6.45, 7) is 1.53. The summed E-state index contributed by atoms with van der Waals surface area (Å²) in [5.74, 6) is -0.533. The lowest BCUT2D eigenvalue weighted by molar-refractivity contribution is 0.0574. The van der Waals surface area contributed by atoms with E-state index in [9.17, 15) is 14.6 Å². The highest BCUT2D eigenvalue weighted by molar-refractivity contribution is 6.35. The van der Waals surface area contributed by atoms with E-state index in [0.717, 1.165) is 6.07 Å². The molecule has 1 unspecified atom stereocenters. The highest BCUT2D eigenvalue weighted by Crippen LogP contribution is 2.34. The molecule has 2 aromatic rings. The molecule has 0 aliphatic heterocycles. The first kappa shape index (κ1) is 15.1. The van der Waals surface area contributed by atoms with Gasteiger partial charge in [0.15, 0.2) is 0 Å². The fraction of sp³-hybridized carbons (Fsp3) is 0.200. The van der Waals surface area contributed by atoms with Crippen LogP contribution in [0.25, 0.3) is 0 Å². The Morgan fingerprint density at radius 3 is 2.50 bits per heavy atom. The Hall–Kier alpha value is -1.29. The first-order valence-electron chi connectivity index (χ1n) is 5.95. The van der Waals surface area contributed by atoms with Crippen molar-refractivity contribution >= 4 is 23.2 Å². The Balaban J connectivity index is 2.37. The van der Waals surface area contributed by atoms with Crippen LogP contribution in [-0.4, -0.2) is 10.2 Å². The van der Waals surface area contributed by atoms with Crippen molar-refractivity contribution in [2.45, 2.75) is 18.9 Å². The molecule has 20 heavy (non-hydrogen) atoms. The number of benzene rings is 2. The van der Waals surface area contributed by atoms with E-state index in [2.05, 4.69) is 0 Å². The van der Waals surface area contributed by atoms with Crippen LogP contribution in [0.15, 0.2) is 36.4 Å². The fourth-order valence-electron chi connectivity index (χ4n) is 2.09. The number of hydrogen-bond donors (Lipinski definition) is 2. The summed E-state index contributed by atoms with van der Waals surface area (Å²) in [4.78, 5) is 0. The van der Waals surface area contributed by atoms with Crippen LogP contribution >= 0.6 is 23.2 Å². The largest absolute Gasteiger partial charge is 0.508 e. The van der Waals surface area contributed by atoms with Gasteiger partial charge in [-0.3, -0.25) is 0 Å². The quantitative estimate of drug-likeness (QED) is 0.830. The standard InChI is InChI=1S/C15H13Cl2FO2/c1-15(20,8-9-3-2-4-10(19)5-9)11-6-14(18)13(17)7-12(11)16/h2-7,19-20H,8H2,1H3. The van der Waals surface area contributed by atoms with E-state index < -0.39 is 11.4 Å². The number of hydrogen-bond acceptors (Lipinski definition) is 2. The van der Waals surface area contributed by atoms with Crippen LogP contribution in [-0.2, 0) is 12.0 Å². The summed E-state index contributed by atoms with van der Waals surface area (Å²) in [6.07, 6.45) is 0.183. The van der Waals surface area contributed by atoms with E-state index in [1.807, 2.05) is 0 Å². The minimum atomic E-state index is -1.38. The maximum Gasteiger partial charge on any atom is 0.142 e. The van der Waals surface area contributed by atoms with Crippen LogP contribution in [0.5, 0.6) is 5.75 Å². The van der Waals surface area contributed by atoms with Crippen LogP contribution in [0.2, 0.25) is 10.0 Å². The molecule has 0 aliphatic rings. The average Bonchev–Trinajstić information content (AvgIpc) is 2.33. The zero-order chi connectivity index (χ0) is 14.9. The molecule has 2 aromatic carbocycles. The van der Waals surface area contributed by atoms with E-state index in [1.165, 1.54) is 25.1 Å². The summed E-state index contributed by atoms with van der Waals surface area (Å²) in [7, 11) is 0. The molecule has 2 rings (SSSR count). The van der Waals surface area contributed by atoms with Crippen LogP contribution in [0.3, 0.4) is 0 Å². The Labute approximate surface area is 126 Å². The van der Waals surface area contributed by atoms with Gasteiger partial charge in [-0.25, -0.2) is 4.39 Å². The molecule has 0 radical (unpaired) electrons. The Kier molecular flexibility index (Phi) is 4.23. The number of phenolic OH excluding ortho intramolecular Hbond substituents is 1. The number of rotatable bonds is 3. The zero-order valence-electron chi connectivity index (χ0n) is 10.7. The smallest absolute Gasteiger partial charge is 0.142 e. The molecule has 0 fully saturated rings. The second-order valence-electron chi connectivity index (χ2n) is 4.87. The van der Waals surface area contributed by atoms with Gasteiger partial charge in [-0.15, -0.1) is 0 Å². The van der Waals surface area contributed by atoms with Crippen molar-refractivity contribution in [1.29, 1.82) is 0 Å². The molecular weight excluding hydrogens is 302 g/mol. The molecule has 5 heteroatoms.